The molecule has 1 aromatic rings. The number of benzene rings is 1. The van der Waals surface area contributed by atoms with Gasteiger partial charge in [-0.25, -0.2) is 0 Å². The van der Waals surface area contributed by atoms with Crippen molar-refractivity contribution in [2.75, 3.05) is 44.6 Å². The maximum Gasteiger partial charge on any atom is 0.238 e. The van der Waals surface area contributed by atoms with E-state index < -0.39 is 0 Å². The van der Waals surface area contributed by atoms with E-state index in [0.717, 1.165) is 44.8 Å². The molecule has 2 rings (SSSR count). The molecule has 4 nitrogen and oxygen atoms in total. The van der Waals surface area contributed by atoms with E-state index in [1.54, 1.807) is 0 Å². The van der Waals surface area contributed by atoms with Crippen LogP contribution in [0.5, 0.6) is 0 Å². The van der Waals surface area contributed by atoms with E-state index in [1.807, 2.05) is 18.2 Å². The predicted octanol–water partition coefficient (Wildman–Crippen LogP) is 2.46. The first-order valence-corrected chi connectivity index (χ1v) is 8.41. The molecule has 1 saturated heterocycles. The number of anilines is 1. The third-order valence-electron chi connectivity index (χ3n) is 4.13. The average molecular weight is 303 g/mol. The Morgan fingerprint density at radius 3 is 2.41 bits per heavy atom. The zero-order chi connectivity index (χ0) is 15.9. The second kappa shape index (κ2) is 8.30. The largest absolute Gasteiger partial charge is 0.325 e. The fraction of sp³-hybridized carbons (Fsp3) is 0.611. The number of rotatable bonds is 6. The molecule has 1 aliphatic rings. The quantitative estimate of drug-likeness (QED) is 0.877. The first-order valence-electron chi connectivity index (χ1n) is 8.41. The summed E-state index contributed by atoms with van der Waals surface area (Å²) in [5.74, 6) is 0.804. The minimum atomic E-state index is 0.0956. The summed E-state index contributed by atoms with van der Waals surface area (Å²) >= 11 is 0. The molecule has 0 saturated carbocycles. The summed E-state index contributed by atoms with van der Waals surface area (Å²) in [6, 6.07) is 8.04. The lowest BCUT2D eigenvalue weighted by molar-refractivity contribution is -0.117. The average Bonchev–Trinajstić information content (AvgIpc) is 2.49. The van der Waals surface area contributed by atoms with Crippen molar-refractivity contribution in [3.8, 4) is 0 Å². The Morgan fingerprint density at radius 1 is 1.14 bits per heavy atom. The molecule has 4 heteroatoms. The molecule has 1 N–H and O–H groups in total. The number of piperazine rings is 1. The van der Waals surface area contributed by atoms with Gasteiger partial charge < -0.3 is 10.2 Å². The van der Waals surface area contributed by atoms with Gasteiger partial charge in [-0.3, -0.25) is 9.69 Å². The molecular weight excluding hydrogens is 274 g/mol. The smallest absolute Gasteiger partial charge is 0.238 e. The topological polar surface area (TPSA) is 35.6 Å². The molecule has 1 amide bonds. The number of hydrogen-bond donors (Lipinski definition) is 1. The summed E-state index contributed by atoms with van der Waals surface area (Å²) in [6.45, 7) is 12.4. The van der Waals surface area contributed by atoms with Crippen LogP contribution in [0, 0.1) is 5.92 Å². The SMILES string of the molecule is CCc1ccccc1NC(=O)CN1CCN(CC(C)C)CC1. The summed E-state index contributed by atoms with van der Waals surface area (Å²) in [4.78, 5) is 17.0. The molecule has 0 aliphatic carbocycles. The fourth-order valence-electron chi connectivity index (χ4n) is 2.99. The molecule has 1 aromatic carbocycles. The van der Waals surface area contributed by atoms with Crippen molar-refractivity contribution in [2.45, 2.75) is 27.2 Å². The Labute approximate surface area is 134 Å². The molecule has 1 fully saturated rings. The highest BCUT2D eigenvalue weighted by Crippen LogP contribution is 2.15. The Hall–Kier alpha value is -1.39. The zero-order valence-electron chi connectivity index (χ0n) is 14.1. The molecule has 0 bridgehead atoms. The van der Waals surface area contributed by atoms with Gasteiger partial charge in [-0.1, -0.05) is 39.0 Å². The van der Waals surface area contributed by atoms with Crippen LogP contribution < -0.4 is 5.32 Å². The van der Waals surface area contributed by atoms with Crippen molar-refractivity contribution in [1.29, 1.82) is 0 Å². The van der Waals surface area contributed by atoms with Crippen molar-refractivity contribution in [3.05, 3.63) is 29.8 Å². The van der Waals surface area contributed by atoms with E-state index in [1.165, 1.54) is 5.56 Å². The van der Waals surface area contributed by atoms with Crippen LogP contribution in [0.25, 0.3) is 0 Å². The van der Waals surface area contributed by atoms with E-state index in [9.17, 15) is 4.79 Å². The second-order valence-corrected chi connectivity index (χ2v) is 6.53. The van der Waals surface area contributed by atoms with Crippen LogP contribution in [0.3, 0.4) is 0 Å². The first kappa shape index (κ1) is 17.0. The maximum absolute atomic E-state index is 12.2. The molecule has 0 aromatic heterocycles. The summed E-state index contributed by atoms with van der Waals surface area (Å²) in [6.07, 6.45) is 0.935. The van der Waals surface area contributed by atoms with E-state index in [2.05, 4.69) is 42.0 Å². The highest BCUT2D eigenvalue weighted by molar-refractivity contribution is 5.93. The molecule has 1 heterocycles. The van der Waals surface area contributed by atoms with Gasteiger partial charge in [0.15, 0.2) is 0 Å². The summed E-state index contributed by atoms with van der Waals surface area (Å²) in [5, 5.41) is 3.06. The number of nitrogens with zero attached hydrogens (tertiary/aromatic N) is 2. The van der Waals surface area contributed by atoms with Gasteiger partial charge in [-0.2, -0.15) is 0 Å². The molecule has 1 aliphatic heterocycles. The molecule has 0 unspecified atom stereocenters. The van der Waals surface area contributed by atoms with Gasteiger partial charge >= 0.3 is 0 Å². The van der Waals surface area contributed by atoms with Crippen molar-refractivity contribution < 1.29 is 4.79 Å². The van der Waals surface area contributed by atoms with Crippen LogP contribution in [0.1, 0.15) is 26.3 Å². The molecule has 0 atom stereocenters. The number of para-hydroxylation sites is 1. The lowest BCUT2D eigenvalue weighted by atomic mass is 10.1. The molecular formula is C18H29N3O. The minimum absolute atomic E-state index is 0.0956. The van der Waals surface area contributed by atoms with Gasteiger partial charge in [0.25, 0.3) is 0 Å². The molecule has 0 spiro atoms. The molecule has 0 radical (unpaired) electrons. The minimum Gasteiger partial charge on any atom is -0.325 e. The highest BCUT2D eigenvalue weighted by atomic mass is 16.2. The van der Waals surface area contributed by atoms with Crippen LogP contribution in [-0.2, 0) is 11.2 Å². The highest BCUT2D eigenvalue weighted by Gasteiger charge is 2.19. The van der Waals surface area contributed by atoms with Crippen LogP contribution in [0.4, 0.5) is 5.69 Å². The van der Waals surface area contributed by atoms with Crippen molar-refractivity contribution >= 4 is 11.6 Å². The fourth-order valence-corrected chi connectivity index (χ4v) is 2.99. The number of aryl methyl sites for hydroxylation is 1. The Morgan fingerprint density at radius 2 is 1.77 bits per heavy atom. The summed E-state index contributed by atoms with van der Waals surface area (Å²) in [5.41, 5.74) is 2.14. The van der Waals surface area contributed by atoms with Gasteiger partial charge in [-0.15, -0.1) is 0 Å². The van der Waals surface area contributed by atoms with Gasteiger partial charge in [0, 0.05) is 38.4 Å². The monoisotopic (exact) mass is 303 g/mol. The number of carbonyl (C=O) groups excluding carboxylic acids is 1. The third kappa shape index (κ3) is 5.11. The van der Waals surface area contributed by atoms with Crippen LogP contribution in [-0.4, -0.2) is 55.0 Å². The van der Waals surface area contributed by atoms with Crippen LogP contribution >= 0.6 is 0 Å². The van der Waals surface area contributed by atoms with Crippen LogP contribution in [0.2, 0.25) is 0 Å². The lowest BCUT2D eigenvalue weighted by Gasteiger charge is -2.35. The Kier molecular flexibility index (Phi) is 6.40. The van der Waals surface area contributed by atoms with Crippen molar-refractivity contribution in [1.82, 2.24) is 9.80 Å². The molecule has 122 valence electrons. The van der Waals surface area contributed by atoms with Gasteiger partial charge in [-0.05, 0) is 24.0 Å². The third-order valence-corrected chi connectivity index (χ3v) is 4.13. The van der Waals surface area contributed by atoms with Gasteiger partial charge in [0.1, 0.15) is 0 Å². The standard InChI is InChI=1S/C18H29N3O/c1-4-16-7-5-6-8-17(16)19-18(22)14-21-11-9-20(10-12-21)13-15(2)3/h5-8,15H,4,9-14H2,1-3H3,(H,19,22). The van der Waals surface area contributed by atoms with E-state index in [0.29, 0.717) is 12.5 Å². The summed E-state index contributed by atoms with van der Waals surface area (Å²) in [7, 11) is 0. The lowest BCUT2D eigenvalue weighted by Crippen LogP contribution is -2.49. The number of carbonyl (C=O) groups is 1. The van der Waals surface area contributed by atoms with Gasteiger partial charge in [0.2, 0.25) is 5.91 Å². The second-order valence-electron chi connectivity index (χ2n) is 6.53. The van der Waals surface area contributed by atoms with E-state index in [-0.39, 0.29) is 5.91 Å². The molecule has 22 heavy (non-hydrogen) atoms. The van der Waals surface area contributed by atoms with Crippen molar-refractivity contribution in [2.24, 2.45) is 5.92 Å². The summed E-state index contributed by atoms with van der Waals surface area (Å²) < 4.78 is 0. The normalized spacial score (nSPS) is 16.9. The van der Waals surface area contributed by atoms with Gasteiger partial charge in [0.05, 0.1) is 6.54 Å². The van der Waals surface area contributed by atoms with Crippen molar-refractivity contribution in [3.63, 3.8) is 0 Å². The predicted molar refractivity (Wildman–Crippen MR) is 92.2 cm³/mol. The number of hydrogen-bond acceptors (Lipinski definition) is 3. The Balaban J connectivity index is 1.79. The first-order chi connectivity index (χ1) is 10.6. The Bertz CT molecular complexity index is 479. The van der Waals surface area contributed by atoms with E-state index >= 15 is 0 Å². The van der Waals surface area contributed by atoms with E-state index in [4.69, 9.17) is 0 Å². The zero-order valence-corrected chi connectivity index (χ0v) is 14.1. The van der Waals surface area contributed by atoms with Crippen LogP contribution in [0.15, 0.2) is 24.3 Å². The number of nitrogens with one attached hydrogen (secondary N) is 1. The number of amides is 1. The maximum atomic E-state index is 12.2.